The molecule has 1 aliphatic carbocycles. The van der Waals surface area contributed by atoms with Crippen LogP contribution < -0.4 is 10.6 Å². The minimum atomic E-state index is -4.62. The van der Waals surface area contributed by atoms with Crippen molar-refractivity contribution in [2.45, 2.75) is 55.9 Å². The van der Waals surface area contributed by atoms with Crippen LogP contribution in [0.2, 0.25) is 0 Å². The maximum atomic E-state index is 13.9. The van der Waals surface area contributed by atoms with E-state index in [1.165, 1.54) is 24.0 Å². The Kier molecular flexibility index (Phi) is 7.32. The van der Waals surface area contributed by atoms with Crippen molar-refractivity contribution in [1.82, 2.24) is 40.4 Å². The minimum absolute atomic E-state index is 0.0984. The molecular formula is C23H25F5N8O4. The number of nitrogens with one attached hydrogen (secondary N) is 2. The van der Waals surface area contributed by atoms with E-state index in [2.05, 4.69) is 30.3 Å². The van der Waals surface area contributed by atoms with Gasteiger partial charge in [-0.15, -0.1) is 0 Å². The first-order valence-electron chi connectivity index (χ1n) is 12.4. The van der Waals surface area contributed by atoms with Crippen LogP contribution in [-0.4, -0.2) is 80.2 Å². The summed E-state index contributed by atoms with van der Waals surface area (Å²) in [6, 6.07) is -3.05. The largest absolute Gasteiger partial charge is 0.410 e. The second kappa shape index (κ2) is 10.6. The Morgan fingerprint density at radius 1 is 1.30 bits per heavy atom. The van der Waals surface area contributed by atoms with Crippen LogP contribution in [0, 0.1) is 5.92 Å². The van der Waals surface area contributed by atoms with Gasteiger partial charge in [-0.25, -0.2) is 27.7 Å². The number of nitrogens with zero attached hydrogens (tertiary/aromatic N) is 6. The van der Waals surface area contributed by atoms with Gasteiger partial charge in [-0.3, -0.25) is 4.79 Å². The van der Waals surface area contributed by atoms with Gasteiger partial charge >= 0.3 is 12.2 Å². The number of alkyl halides is 5. The van der Waals surface area contributed by atoms with E-state index < -0.39 is 48.7 Å². The summed E-state index contributed by atoms with van der Waals surface area (Å²) in [4.78, 5) is 30.7. The van der Waals surface area contributed by atoms with Crippen LogP contribution in [0.5, 0.6) is 0 Å². The lowest BCUT2D eigenvalue weighted by molar-refractivity contribution is -0.150. The molecule has 17 heteroatoms. The molecule has 4 heterocycles. The van der Waals surface area contributed by atoms with Crippen molar-refractivity contribution in [2.75, 3.05) is 20.3 Å². The fraction of sp³-hybridized carbons (Fsp3) is 0.565. The summed E-state index contributed by atoms with van der Waals surface area (Å²) in [6.07, 6.45) is -1.03. The van der Waals surface area contributed by atoms with Gasteiger partial charge < -0.3 is 20.3 Å². The summed E-state index contributed by atoms with van der Waals surface area (Å²) in [6.45, 7) is -0.720. The highest BCUT2D eigenvalue weighted by atomic mass is 19.4. The number of aromatic nitrogens is 5. The molecule has 2 fully saturated rings. The van der Waals surface area contributed by atoms with Gasteiger partial charge in [0, 0.05) is 25.5 Å². The van der Waals surface area contributed by atoms with Gasteiger partial charge in [0.25, 0.3) is 5.91 Å². The number of ether oxygens (including phenoxy) is 1. The van der Waals surface area contributed by atoms with Crippen molar-refractivity contribution in [3.8, 4) is 0 Å². The molecule has 0 spiro atoms. The summed E-state index contributed by atoms with van der Waals surface area (Å²) in [5.74, 6) is -3.80. The first-order chi connectivity index (χ1) is 18.9. The number of amides is 3. The first kappa shape index (κ1) is 27.7. The normalized spacial score (nSPS) is 21.4. The Labute approximate surface area is 223 Å². The fourth-order valence-corrected chi connectivity index (χ4v) is 5.09. The summed E-state index contributed by atoms with van der Waals surface area (Å²) in [5.41, 5.74) is 0.878. The van der Waals surface area contributed by atoms with Crippen LogP contribution in [0.4, 0.5) is 26.7 Å². The van der Waals surface area contributed by atoms with Crippen LogP contribution >= 0.6 is 0 Å². The Morgan fingerprint density at radius 2 is 2.05 bits per heavy atom. The van der Waals surface area contributed by atoms with Crippen molar-refractivity contribution < 1.29 is 40.9 Å². The van der Waals surface area contributed by atoms with Gasteiger partial charge in [-0.05, 0) is 30.0 Å². The SMILES string of the molecule is COC[C@H](c1cnn2cc([C@@H](NC(=O)c3cnon3)C3CCC(F)(F)CC3)nc2c1)N1C[C@@H](C(F)(F)F)NC1=O. The van der Waals surface area contributed by atoms with E-state index in [1.54, 1.807) is 6.07 Å². The van der Waals surface area contributed by atoms with Crippen LogP contribution in [-0.2, 0) is 4.74 Å². The molecule has 2 aliphatic rings. The molecule has 216 valence electrons. The Bertz CT molecular complexity index is 1350. The van der Waals surface area contributed by atoms with Gasteiger partial charge in [0.2, 0.25) is 5.92 Å². The highest BCUT2D eigenvalue weighted by Gasteiger charge is 2.48. The zero-order valence-electron chi connectivity index (χ0n) is 21.1. The number of imidazole rings is 1. The number of urea groups is 1. The van der Waals surface area contributed by atoms with Crippen LogP contribution in [0.25, 0.3) is 5.65 Å². The lowest BCUT2D eigenvalue weighted by Gasteiger charge is -2.33. The van der Waals surface area contributed by atoms with Gasteiger partial charge in [-0.2, -0.15) is 18.3 Å². The van der Waals surface area contributed by atoms with Gasteiger partial charge in [0.05, 0.1) is 43.3 Å². The molecule has 1 aliphatic heterocycles. The number of carbonyl (C=O) groups is 2. The van der Waals surface area contributed by atoms with Crippen LogP contribution in [0.3, 0.4) is 0 Å². The third kappa shape index (κ3) is 5.68. The van der Waals surface area contributed by atoms with Crippen LogP contribution in [0.15, 0.2) is 29.3 Å². The third-order valence-electron chi connectivity index (χ3n) is 7.21. The standard InChI is InChI=1S/C23H25F5N8O4/c1-39-11-16(35-10-17(23(26,27)28)32-21(35)38)13-6-18-31-15(9-36(18)29-7-13)19(12-2-4-22(24,25)5-3-12)33-20(37)14-8-30-40-34-14/h6-9,12,16-17,19H,2-5,10-11H2,1H3,(H,32,38)(H,33,37)/t16-,17+,19+/m1/s1. The molecule has 3 aromatic rings. The van der Waals surface area contributed by atoms with Crippen molar-refractivity contribution in [1.29, 1.82) is 0 Å². The maximum absolute atomic E-state index is 13.9. The second-order valence-electron chi connectivity index (χ2n) is 9.86. The second-order valence-corrected chi connectivity index (χ2v) is 9.86. The fourth-order valence-electron chi connectivity index (χ4n) is 5.09. The molecule has 2 N–H and O–H groups in total. The molecule has 1 saturated carbocycles. The lowest BCUT2D eigenvalue weighted by Crippen LogP contribution is -2.40. The number of rotatable bonds is 8. The van der Waals surface area contributed by atoms with E-state index in [0.717, 1.165) is 11.1 Å². The summed E-state index contributed by atoms with van der Waals surface area (Å²) < 4.78 is 78.5. The topological polar surface area (TPSA) is 140 Å². The predicted octanol–water partition coefficient (Wildman–Crippen LogP) is 3.05. The van der Waals surface area contributed by atoms with Crippen LogP contribution in [0.1, 0.15) is 59.5 Å². The smallest absolute Gasteiger partial charge is 0.382 e. The Balaban J connectivity index is 1.44. The minimum Gasteiger partial charge on any atom is -0.382 e. The number of hydrogen-bond donors (Lipinski definition) is 2. The van der Waals surface area contributed by atoms with Crippen molar-refractivity contribution in [2.24, 2.45) is 5.92 Å². The Hall–Kier alpha value is -3.89. The number of methoxy groups -OCH3 is 1. The van der Waals surface area contributed by atoms with E-state index in [0.29, 0.717) is 11.3 Å². The molecule has 0 unspecified atom stereocenters. The summed E-state index contributed by atoms with van der Waals surface area (Å²) in [5, 5.41) is 15.9. The lowest BCUT2D eigenvalue weighted by atomic mass is 9.81. The monoisotopic (exact) mass is 572 g/mol. The molecule has 3 atom stereocenters. The average Bonchev–Trinajstić information content (AvgIpc) is 3.65. The van der Waals surface area contributed by atoms with E-state index in [4.69, 9.17) is 4.74 Å². The van der Waals surface area contributed by atoms with E-state index in [9.17, 15) is 31.5 Å². The highest BCUT2D eigenvalue weighted by molar-refractivity contribution is 5.92. The molecule has 12 nitrogen and oxygen atoms in total. The molecule has 40 heavy (non-hydrogen) atoms. The molecule has 0 radical (unpaired) electrons. The molecule has 5 rings (SSSR count). The van der Waals surface area contributed by atoms with Crippen molar-refractivity contribution in [3.63, 3.8) is 0 Å². The summed E-state index contributed by atoms with van der Waals surface area (Å²) >= 11 is 0. The van der Waals surface area contributed by atoms with E-state index in [-0.39, 0.29) is 49.5 Å². The van der Waals surface area contributed by atoms with E-state index >= 15 is 0 Å². The first-order valence-corrected chi connectivity index (χ1v) is 12.4. The molecule has 3 aromatic heterocycles. The zero-order chi connectivity index (χ0) is 28.7. The highest BCUT2D eigenvalue weighted by Crippen LogP contribution is 2.41. The number of halogens is 5. The van der Waals surface area contributed by atoms with Gasteiger partial charge in [0.15, 0.2) is 11.3 Å². The molecule has 1 saturated heterocycles. The summed E-state index contributed by atoms with van der Waals surface area (Å²) in [7, 11) is 1.35. The number of fused-ring (bicyclic) bond motifs is 1. The zero-order valence-corrected chi connectivity index (χ0v) is 21.1. The van der Waals surface area contributed by atoms with Crippen molar-refractivity contribution >= 4 is 17.6 Å². The Morgan fingerprint density at radius 3 is 2.67 bits per heavy atom. The maximum Gasteiger partial charge on any atom is 0.410 e. The quantitative estimate of drug-likeness (QED) is 0.393. The van der Waals surface area contributed by atoms with Gasteiger partial charge in [-0.1, -0.05) is 5.16 Å². The molecular weight excluding hydrogens is 547 g/mol. The number of hydrogen-bond acceptors (Lipinski definition) is 8. The van der Waals surface area contributed by atoms with Gasteiger partial charge in [0.1, 0.15) is 12.2 Å². The average molecular weight is 572 g/mol. The molecule has 0 aromatic carbocycles. The molecule has 3 amide bonds. The van der Waals surface area contributed by atoms with E-state index in [1.807, 2.05) is 5.32 Å². The predicted molar refractivity (Wildman–Crippen MR) is 124 cm³/mol. The van der Waals surface area contributed by atoms with Crippen molar-refractivity contribution in [3.05, 3.63) is 41.6 Å². The number of carbonyl (C=O) groups excluding carboxylic acids is 2. The molecule has 0 bridgehead atoms. The third-order valence-corrected chi connectivity index (χ3v) is 7.21.